The summed E-state index contributed by atoms with van der Waals surface area (Å²) in [5, 5.41) is 10.1. The van der Waals surface area contributed by atoms with Crippen LogP contribution in [0.5, 0.6) is 11.5 Å². The summed E-state index contributed by atoms with van der Waals surface area (Å²) in [6, 6.07) is 11.6. The number of nitrogens with two attached hydrogens (primary N) is 1. The highest BCUT2D eigenvalue weighted by Crippen LogP contribution is 2.29. The summed E-state index contributed by atoms with van der Waals surface area (Å²) >= 11 is 0. The van der Waals surface area contributed by atoms with Crippen LogP contribution in [0.2, 0.25) is 0 Å². The van der Waals surface area contributed by atoms with Crippen molar-refractivity contribution in [3.05, 3.63) is 59.2 Å². The molecule has 0 saturated carbocycles. The normalized spacial score (nSPS) is 13.1. The molecule has 126 valence electrons. The molecule has 2 rings (SSSR count). The molecule has 24 heavy (non-hydrogen) atoms. The summed E-state index contributed by atoms with van der Waals surface area (Å²) in [5.74, 6) is 4.70. The minimum absolute atomic E-state index is 0.0560. The van der Waals surface area contributed by atoms with Crippen molar-refractivity contribution >= 4 is 12.3 Å². The lowest BCUT2D eigenvalue weighted by atomic mass is 9.95. The molecule has 2 aromatic rings. The zero-order valence-corrected chi connectivity index (χ0v) is 13.6. The van der Waals surface area contributed by atoms with Crippen LogP contribution in [0.4, 0.5) is 0 Å². The molecule has 0 spiro atoms. The molecule has 0 aromatic heterocycles. The van der Waals surface area contributed by atoms with Gasteiger partial charge in [-0.25, -0.2) is 10.2 Å². The highest BCUT2D eigenvalue weighted by Gasteiger charge is 2.23. The molecule has 1 atom stereocenters. The lowest BCUT2D eigenvalue weighted by Gasteiger charge is -2.22. The van der Waals surface area contributed by atoms with Crippen LogP contribution in [0.1, 0.15) is 28.4 Å². The van der Waals surface area contributed by atoms with Crippen LogP contribution in [0.25, 0.3) is 0 Å². The first-order valence-corrected chi connectivity index (χ1v) is 7.42. The molecule has 4 N–H and O–H groups in total. The van der Waals surface area contributed by atoms with Gasteiger partial charge in [0.15, 0.2) is 11.5 Å². The number of ether oxygens (including phenoxy) is 1. The molecule has 0 bridgehead atoms. The molecule has 6 heteroatoms. The number of esters is 1. The number of aldehydes is 1. The summed E-state index contributed by atoms with van der Waals surface area (Å²) in [7, 11) is 0. The minimum Gasteiger partial charge on any atom is -0.504 e. The van der Waals surface area contributed by atoms with Gasteiger partial charge in [-0.1, -0.05) is 24.3 Å². The lowest BCUT2D eigenvalue weighted by molar-refractivity contribution is -0.112. The Morgan fingerprint density at radius 1 is 1.33 bits per heavy atom. The van der Waals surface area contributed by atoms with E-state index >= 15 is 0 Å². The Balaban J connectivity index is 2.17. The monoisotopic (exact) mass is 328 g/mol. The average Bonchev–Trinajstić information content (AvgIpc) is 2.57. The number of nitrogens with one attached hydrogen (secondary N) is 1. The van der Waals surface area contributed by atoms with Crippen molar-refractivity contribution in [2.75, 3.05) is 0 Å². The third-order valence-electron chi connectivity index (χ3n) is 3.75. The van der Waals surface area contributed by atoms with E-state index in [9.17, 15) is 14.7 Å². The molecule has 0 radical (unpaired) electrons. The number of hydrazine groups is 1. The fourth-order valence-corrected chi connectivity index (χ4v) is 2.27. The number of rotatable bonds is 6. The minimum atomic E-state index is -0.939. The zero-order valence-electron chi connectivity index (χ0n) is 13.6. The number of phenolic OH excluding ortho intramolecular Hbond substituents is 1. The third-order valence-corrected chi connectivity index (χ3v) is 3.75. The van der Waals surface area contributed by atoms with Gasteiger partial charge in [0.05, 0.1) is 11.1 Å². The average molecular weight is 328 g/mol. The van der Waals surface area contributed by atoms with Gasteiger partial charge >= 0.3 is 5.97 Å². The smallest absolute Gasteiger partial charge is 0.343 e. The van der Waals surface area contributed by atoms with E-state index in [1.165, 1.54) is 12.1 Å². The summed E-state index contributed by atoms with van der Waals surface area (Å²) in [6.45, 7) is 3.45. The molecule has 0 amide bonds. The predicted octanol–water partition coefficient (Wildman–Crippen LogP) is 1.88. The molecule has 0 heterocycles. The molecule has 2 aromatic carbocycles. The van der Waals surface area contributed by atoms with Gasteiger partial charge in [0.25, 0.3) is 0 Å². The fraction of sp³-hybridized carbons (Fsp3) is 0.222. The van der Waals surface area contributed by atoms with E-state index in [1.54, 1.807) is 38.1 Å². The molecule has 0 fully saturated rings. The van der Waals surface area contributed by atoms with E-state index in [0.29, 0.717) is 17.4 Å². The van der Waals surface area contributed by atoms with Crippen molar-refractivity contribution in [2.24, 2.45) is 5.84 Å². The Morgan fingerprint density at radius 2 is 2.04 bits per heavy atom. The molecular weight excluding hydrogens is 308 g/mol. The first-order valence-electron chi connectivity index (χ1n) is 7.42. The second-order valence-electron chi connectivity index (χ2n) is 5.86. The number of aryl methyl sites for hydroxylation is 1. The zero-order chi connectivity index (χ0) is 17.7. The SMILES string of the molecule is Cc1ccccc1C(=O)Oc1ccc(CC(C)(C=O)NN)cc1O. The van der Waals surface area contributed by atoms with Crippen molar-refractivity contribution in [1.29, 1.82) is 0 Å². The second-order valence-corrected chi connectivity index (χ2v) is 5.86. The van der Waals surface area contributed by atoms with E-state index in [2.05, 4.69) is 5.43 Å². The first-order chi connectivity index (χ1) is 11.4. The number of carbonyl (C=O) groups excluding carboxylic acids is 2. The van der Waals surface area contributed by atoms with E-state index < -0.39 is 11.5 Å². The van der Waals surface area contributed by atoms with Crippen molar-refractivity contribution < 1.29 is 19.4 Å². The maximum Gasteiger partial charge on any atom is 0.343 e. The number of benzene rings is 2. The maximum absolute atomic E-state index is 12.2. The van der Waals surface area contributed by atoms with Crippen LogP contribution in [-0.2, 0) is 11.2 Å². The molecule has 0 aliphatic carbocycles. The van der Waals surface area contributed by atoms with Gasteiger partial charge in [-0.05, 0) is 49.6 Å². The molecule has 1 unspecified atom stereocenters. The van der Waals surface area contributed by atoms with E-state index in [0.717, 1.165) is 5.56 Å². The molecule has 0 saturated heterocycles. The number of hydrogen-bond acceptors (Lipinski definition) is 6. The predicted molar refractivity (Wildman–Crippen MR) is 89.7 cm³/mol. The van der Waals surface area contributed by atoms with Gasteiger partial charge in [-0.2, -0.15) is 0 Å². The van der Waals surface area contributed by atoms with Crippen molar-refractivity contribution in [2.45, 2.75) is 25.8 Å². The van der Waals surface area contributed by atoms with Crippen molar-refractivity contribution in [3.63, 3.8) is 0 Å². The number of carbonyl (C=O) groups is 2. The van der Waals surface area contributed by atoms with Gasteiger partial charge in [0.1, 0.15) is 6.29 Å². The summed E-state index contributed by atoms with van der Waals surface area (Å²) < 4.78 is 5.25. The van der Waals surface area contributed by atoms with Crippen LogP contribution in [0.3, 0.4) is 0 Å². The number of aromatic hydroxyl groups is 1. The molecule has 0 aliphatic rings. The van der Waals surface area contributed by atoms with Gasteiger partial charge in [0.2, 0.25) is 0 Å². The topological polar surface area (TPSA) is 102 Å². The van der Waals surface area contributed by atoms with E-state index in [1.807, 2.05) is 6.07 Å². The summed E-state index contributed by atoms with van der Waals surface area (Å²) in [5.41, 5.74) is 3.39. The van der Waals surface area contributed by atoms with E-state index in [4.69, 9.17) is 10.6 Å². The van der Waals surface area contributed by atoms with Crippen LogP contribution >= 0.6 is 0 Å². The highest BCUT2D eigenvalue weighted by molar-refractivity contribution is 5.92. The Morgan fingerprint density at radius 3 is 2.62 bits per heavy atom. The van der Waals surface area contributed by atoms with Gasteiger partial charge in [-0.3, -0.25) is 5.84 Å². The van der Waals surface area contributed by atoms with Crippen LogP contribution in [-0.4, -0.2) is 22.9 Å². The number of hydrogen-bond donors (Lipinski definition) is 3. The fourth-order valence-electron chi connectivity index (χ4n) is 2.27. The molecular formula is C18H20N2O4. The molecule has 6 nitrogen and oxygen atoms in total. The van der Waals surface area contributed by atoms with Gasteiger partial charge < -0.3 is 14.6 Å². The van der Waals surface area contributed by atoms with Crippen molar-refractivity contribution in [3.8, 4) is 11.5 Å². The largest absolute Gasteiger partial charge is 0.504 e. The van der Waals surface area contributed by atoms with Crippen LogP contribution in [0, 0.1) is 6.92 Å². The number of phenols is 1. The van der Waals surface area contributed by atoms with Gasteiger partial charge in [0, 0.05) is 0 Å². The van der Waals surface area contributed by atoms with Crippen molar-refractivity contribution in [1.82, 2.24) is 5.43 Å². The summed E-state index contributed by atoms with van der Waals surface area (Å²) in [6.07, 6.45) is 0.989. The second kappa shape index (κ2) is 7.25. The van der Waals surface area contributed by atoms with Crippen LogP contribution < -0.4 is 16.0 Å². The third kappa shape index (κ3) is 3.98. The Bertz CT molecular complexity index is 760. The summed E-state index contributed by atoms with van der Waals surface area (Å²) in [4.78, 5) is 23.3. The van der Waals surface area contributed by atoms with Crippen LogP contribution in [0.15, 0.2) is 42.5 Å². The highest BCUT2D eigenvalue weighted by atomic mass is 16.5. The maximum atomic E-state index is 12.2. The van der Waals surface area contributed by atoms with Gasteiger partial charge in [-0.15, -0.1) is 0 Å². The standard InChI is InChI=1S/C18H20N2O4/c1-12-5-3-4-6-14(12)17(23)24-16-8-7-13(9-15(16)22)10-18(2,11-21)20-19/h3-9,11,20,22H,10,19H2,1-2H3. The quantitative estimate of drug-likeness (QED) is 0.246. The lowest BCUT2D eigenvalue weighted by Crippen LogP contribution is -2.49. The van der Waals surface area contributed by atoms with E-state index in [-0.39, 0.29) is 17.9 Å². The first kappa shape index (κ1) is 17.7. The molecule has 0 aliphatic heterocycles. The Hall–Kier alpha value is -2.70. The Kier molecular flexibility index (Phi) is 5.33. The Labute approximate surface area is 140 Å².